The van der Waals surface area contributed by atoms with Gasteiger partial charge in [0.05, 0.1) is 17.5 Å². The van der Waals surface area contributed by atoms with Crippen LogP contribution in [0.25, 0.3) is 10.9 Å². The smallest absolute Gasteiger partial charge is 0.175 e. The van der Waals surface area contributed by atoms with Gasteiger partial charge in [-0.2, -0.15) is 0 Å². The van der Waals surface area contributed by atoms with Gasteiger partial charge >= 0.3 is 0 Å². The minimum atomic E-state index is -3.24. The van der Waals surface area contributed by atoms with Crippen LogP contribution in [0.15, 0.2) is 65.6 Å². The fourth-order valence-corrected chi connectivity index (χ4v) is 6.47. The maximum Gasteiger partial charge on any atom is 0.175 e. The van der Waals surface area contributed by atoms with Crippen molar-refractivity contribution in [3.05, 3.63) is 88.6 Å². The van der Waals surface area contributed by atoms with E-state index >= 15 is 0 Å². The summed E-state index contributed by atoms with van der Waals surface area (Å²) in [4.78, 5) is 2.79. The average molecular weight is 519 g/mol. The first kappa shape index (κ1) is 24.0. The number of hydrogen-bond donors (Lipinski definition) is 1. The van der Waals surface area contributed by atoms with Crippen LogP contribution >= 0.6 is 0 Å². The predicted molar refractivity (Wildman–Crippen MR) is 142 cm³/mol. The van der Waals surface area contributed by atoms with Crippen molar-refractivity contribution in [2.45, 2.75) is 43.7 Å². The number of fused-ring (bicyclic) bond motifs is 6. The van der Waals surface area contributed by atoms with Gasteiger partial charge in [-0.25, -0.2) is 8.42 Å². The van der Waals surface area contributed by atoms with E-state index in [9.17, 15) is 13.5 Å². The molecule has 1 N–H and O–H groups in total. The number of nitrogens with zero attached hydrogens (tertiary/aromatic N) is 2. The van der Waals surface area contributed by atoms with Gasteiger partial charge in [-0.05, 0) is 65.4 Å². The number of hydrogen-bond acceptors (Lipinski definition) is 6. The van der Waals surface area contributed by atoms with Gasteiger partial charge in [-0.15, -0.1) is 0 Å². The highest BCUT2D eigenvalue weighted by Crippen LogP contribution is 2.44. The second kappa shape index (κ2) is 9.20. The minimum Gasteiger partial charge on any atom is -0.493 e. The lowest BCUT2D eigenvalue weighted by Crippen LogP contribution is -2.39. The molecule has 0 bridgehead atoms. The topological polar surface area (TPSA) is 81.0 Å². The van der Waals surface area contributed by atoms with Crippen molar-refractivity contribution in [3.63, 3.8) is 0 Å². The van der Waals surface area contributed by atoms with Crippen molar-refractivity contribution in [1.29, 1.82) is 0 Å². The van der Waals surface area contributed by atoms with E-state index in [1.807, 2.05) is 10.6 Å². The third-order valence-electron chi connectivity index (χ3n) is 7.73. The number of para-hydroxylation sites is 1. The number of aromatic nitrogens is 1. The third kappa shape index (κ3) is 4.19. The molecular formula is C29H30N2O5S. The van der Waals surface area contributed by atoms with E-state index in [1.54, 1.807) is 31.4 Å². The van der Waals surface area contributed by atoms with Crippen LogP contribution in [0.5, 0.6) is 11.5 Å². The summed E-state index contributed by atoms with van der Waals surface area (Å²) in [5.41, 5.74) is 7.00. The molecule has 0 spiro atoms. The molecule has 8 heteroatoms. The van der Waals surface area contributed by atoms with Crippen LogP contribution in [0.1, 0.15) is 34.0 Å². The van der Waals surface area contributed by atoms with E-state index in [4.69, 9.17) is 9.47 Å². The second-order valence-corrected chi connectivity index (χ2v) is 11.9. The Bertz CT molecular complexity index is 1590. The number of rotatable bonds is 6. The van der Waals surface area contributed by atoms with Crippen LogP contribution in [0.2, 0.25) is 0 Å². The number of benzene rings is 3. The van der Waals surface area contributed by atoms with Gasteiger partial charge in [0.15, 0.2) is 21.3 Å². The van der Waals surface area contributed by atoms with Gasteiger partial charge in [-0.3, -0.25) is 4.90 Å². The van der Waals surface area contributed by atoms with Crippen molar-refractivity contribution in [2.24, 2.45) is 0 Å². The van der Waals surface area contributed by atoms with E-state index in [0.29, 0.717) is 23.0 Å². The Hall–Kier alpha value is -3.33. The van der Waals surface area contributed by atoms with Gasteiger partial charge in [0.2, 0.25) is 0 Å². The first-order valence-corrected chi connectivity index (χ1v) is 14.3. The molecule has 7 nitrogen and oxygen atoms in total. The zero-order chi connectivity index (χ0) is 25.7. The van der Waals surface area contributed by atoms with Crippen molar-refractivity contribution < 1.29 is 23.0 Å². The Morgan fingerprint density at radius 1 is 1.05 bits per heavy atom. The Morgan fingerprint density at radius 2 is 1.84 bits per heavy atom. The molecule has 0 amide bonds. The zero-order valence-electron chi connectivity index (χ0n) is 21.0. The van der Waals surface area contributed by atoms with Gasteiger partial charge in [-0.1, -0.05) is 30.3 Å². The Balaban J connectivity index is 1.32. The SMILES string of the molecule is COc1cc2c(cc1OCc1ccc(S(C)(=O)=O)cc1)C1Cc3c(n(CO)c4ccccc34)CN1CC2. The van der Waals surface area contributed by atoms with Crippen molar-refractivity contribution in [3.8, 4) is 11.5 Å². The van der Waals surface area contributed by atoms with Gasteiger partial charge in [0.1, 0.15) is 13.3 Å². The lowest BCUT2D eigenvalue weighted by atomic mass is 9.85. The van der Waals surface area contributed by atoms with Crippen molar-refractivity contribution in [1.82, 2.24) is 9.47 Å². The average Bonchev–Trinajstić information content (AvgIpc) is 3.22. The molecule has 1 atom stereocenters. The third-order valence-corrected chi connectivity index (χ3v) is 8.85. The highest BCUT2D eigenvalue weighted by atomic mass is 32.2. The van der Waals surface area contributed by atoms with Crippen LogP contribution < -0.4 is 9.47 Å². The maximum absolute atomic E-state index is 11.8. The number of aliphatic hydroxyl groups excluding tert-OH is 1. The summed E-state index contributed by atoms with van der Waals surface area (Å²) < 4.78 is 37.5. The molecular weight excluding hydrogens is 488 g/mol. The lowest BCUT2D eigenvalue weighted by molar-refractivity contribution is 0.145. The fourth-order valence-electron chi connectivity index (χ4n) is 5.84. The molecule has 6 rings (SSSR count). The lowest BCUT2D eigenvalue weighted by Gasteiger charge is -2.41. The van der Waals surface area contributed by atoms with Crippen LogP contribution in [0, 0.1) is 0 Å². The summed E-state index contributed by atoms with van der Waals surface area (Å²) in [5, 5.41) is 11.3. The van der Waals surface area contributed by atoms with Crippen LogP contribution in [-0.4, -0.2) is 42.9 Å². The normalized spacial score (nSPS) is 17.2. The quantitative estimate of drug-likeness (QED) is 0.411. The molecule has 0 saturated carbocycles. The van der Waals surface area contributed by atoms with Gasteiger partial charge in [0, 0.05) is 36.5 Å². The molecule has 192 valence electrons. The molecule has 3 aromatic carbocycles. The summed E-state index contributed by atoms with van der Waals surface area (Å²) in [5.74, 6) is 1.38. The standard InChI is InChI=1S/C29H30N2O5S/c1-35-28-13-20-11-12-30-16-27-24(22-5-3-4-6-25(22)31(27)18-32)14-26(30)23(20)15-29(28)36-17-19-7-9-21(10-8-19)37(2,33)34/h3-10,13,15,26,32H,11-12,14,16-18H2,1-2H3. The highest BCUT2D eigenvalue weighted by Gasteiger charge is 2.35. The van der Waals surface area contributed by atoms with Crippen LogP contribution in [0.4, 0.5) is 0 Å². The first-order chi connectivity index (χ1) is 17.9. The molecule has 4 aromatic rings. The summed E-state index contributed by atoms with van der Waals surface area (Å²) in [6.45, 7) is 2.02. The summed E-state index contributed by atoms with van der Waals surface area (Å²) in [6.07, 6.45) is 2.99. The van der Waals surface area contributed by atoms with Crippen LogP contribution in [0.3, 0.4) is 0 Å². The number of aliphatic hydroxyl groups is 1. The molecule has 0 aliphatic carbocycles. The summed E-state index contributed by atoms with van der Waals surface area (Å²) in [7, 11) is -1.58. The van der Waals surface area contributed by atoms with E-state index in [1.165, 1.54) is 34.0 Å². The Kier molecular flexibility index (Phi) is 5.98. The van der Waals surface area contributed by atoms with E-state index in [2.05, 4.69) is 35.2 Å². The molecule has 37 heavy (non-hydrogen) atoms. The molecule has 2 aliphatic rings. The van der Waals surface area contributed by atoms with Crippen LogP contribution in [-0.2, 0) is 42.6 Å². The number of methoxy groups -OCH3 is 1. The fraction of sp³-hybridized carbons (Fsp3) is 0.310. The zero-order valence-corrected chi connectivity index (χ0v) is 21.8. The Morgan fingerprint density at radius 3 is 2.57 bits per heavy atom. The first-order valence-electron chi connectivity index (χ1n) is 12.4. The monoisotopic (exact) mass is 518 g/mol. The van der Waals surface area contributed by atoms with E-state index in [-0.39, 0.29) is 12.8 Å². The highest BCUT2D eigenvalue weighted by molar-refractivity contribution is 7.90. The van der Waals surface area contributed by atoms with Gasteiger partial charge < -0.3 is 19.1 Å². The number of sulfone groups is 1. The molecule has 0 saturated heterocycles. The molecule has 3 heterocycles. The largest absolute Gasteiger partial charge is 0.493 e. The van der Waals surface area contributed by atoms with Crippen molar-refractivity contribution >= 4 is 20.7 Å². The molecule has 2 aliphatic heterocycles. The Labute approximate surface area is 216 Å². The van der Waals surface area contributed by atoms with Gasteiger partial charge in [0.25, 0.3) is 0 Å². The predicted octanol–water partition coefficient (Wildman–Crippen LogP) is 4.24. The molecule has 0 fully saturated rings. The van der Waals surface area contributed by atoms with E-state index in [0.717, 1.165) is 37.0 Å². The second-order valence-electron chi connectivity index (χ2n) is 9.86. The summed E-state index contributed by atoms with van der Waals surface area (Å²) in [6, 6.07) is 19.5. The molecule has 1 unspecified atom stereocenters. The minimum absolute atomic E-state index is 0.0225. The molecule has 0 radical (unpaired) electrons. The maximum atomic E-state index is 11.8. The molecule has 1 aromatic heterocycles. The van der Waals surface area contributed by atoms with Crippen molar-refractivity contribution in [2.75, 3.05) is 19.9 Å². The van der Waals surface area contributed by atoms with E-state index < -0.39 is 9.84 Å². The summed E-state index contributed by atoms with van der Waals surface area (Å²) >= 11 is 0. The number of ether oxygens (including phenoxy) is 2.